The van der Waals surface area contributed by atoms with Gasteiger partial charge in [0, 0.05) is 76.5 Å². The summed E-state index contributed by atoms with van der Waals surface area (Å²) in [5.41, 5.74) is 5.76. The first kappa shape index (κ1) is 69.9. The zero-order valence-corrected chi connectivity index (χ0v) is 54.7. The molecule has 0 saturated heterocycles. The highest BCUT2D eigenvalue weighted by Crippen LogP contribution is 2.34. The second kappa shape index (κ2) is 32.7. The lowest BCUT2D eigenvalue weighted by Gasteiger charge is -2.19. The number of benzene rings is 4. The molecule has 9 aromatic heterocycles. The van der Waals surface area contributed by atoms with Gasteiger partial charge in [-0.15, -0.1) is 0 Å². The lowest BCUT2D eigenvalue weighted by atomic mass is 10.1. The summed E-state index contributed by atoms with van der Waals surface area (Å²) in [6.07, 6.45) is 16.1. The predicted molar refractivity (Wildman–Crippen MR) is 357 cm³/mol. The Morgan fingerprint density at radius 2 is 0.837 bits per heavy atom. The van der Waals surface area contributed by atoms with Crippen molar-refractivity contribution in [3.8, 4) is 34.1 Å². The van der Waals surface area contributed by atoms with Crippen LogP contribution in [0.3, 0.4) is 0 Å². The number of anilines is 4. The van der Waals surface area contributed by atoms with E-state index in [1.54, 1.807) is 100 Å². The number of alkyl halides is 5. The highest BCUT2D eigenvalue weighted by Gasteiger charge is 2.20. The van der Waals surface area contributed by atoms with E-state index in [0.29, 0.717) is 95.5 Å². The standard InChI is InChI=1S/C20H18F4N6O.C16H15F2IN4O.C16H16F2N4O.C14H13FN4O/c1-12(15-8-14(22)2-3-17(15)31-7-5-21)27-18-4-6-29-19(28-18)16(10-26-29)13-9-25-30(11-13)20(23)24;1-10(12-8-11(18)2-3-14(12)24-7-5-17)21-15-4-6-23-16(22-15)13(19)9-20-23;1-11(13-10-12(18)2-3-14(13)23-9-6-17)20-15-5-8-22-16(21-15)4-7-19-22;1-9(11-8-10(15)2-3-12(11)20)17-13-5-7-19-14(18-13)4-6-16-19/h2-4,6,8-12,20H,5,7H2,1H3,(H,27,28);2-4,6,8-10H,5,7H2,1H3,(H,21,22);2-5,7-8,10-11H,6,9H2,1H3,(H,20,21);2-9,20H,1H3,(H,17,18). The molecule has 32 heteroatoms. The Balaban J connectivity index is 0.000000143. The van der Waals surface area contributed by atoms with E-state index in [0.717, 1.165) is 9.22 Å². The average Bonchev–Trinajstić information content (AvgIpc) is 1.35. The van der Waals surface area contributed by atoms with E-state index >= 15 is 0 Å². The Labute approximate surface area is 566 Å². The van der Waals surface area contributed by atoms with E-state index in [4.69, 9.17) is 14.2 Å². The summed E-state index contributed by atoms with van der Waals surface area (Å²) in [5, 5.41) is 42.6. The first-order valence-electron chi connectivity index (χ1n) is 30.1. The van der Waals surface area contributed by atoms with Gasteiger partial charge >= 0.3 is 6.55 Å². The number of nitrogens with one attached hydrogen (secondary N) is 4. The van der Waals surface area contributed by atoms with Crippen molar-refractivity contribution in [1.29, 1.82) is 0 Å². The van der Waals surface area contributed by atoms with Crippen LogP contribution in [0.4, 0.5) is 62.8 Å². The molecular weight excluding hydrogens is 1410 g/mol. The molecule has 0 amide bonds. The number of nitrogens with zero attached hydrogens (tertiary/aromatic N) is 14. The minimum absolute atomic E-state index is 0.0526. The number of phenolic OH excluding ortho intramolecular Hbond substituents is 1. The number of phenols is 1. The van der Waals surface area contributed by atoms with Crippen LogP contribution in [-0.4, -0.2) is 113 Å². The van der Waals surface area contributed by atoms with Crippen molar-refractivity contribution < 1.29 is 58.8 Å². The van der Waals surface area contributed by atoms with Crippen LogP contribution in [0.5, 0.6) is 23.0 Å². The Hall–Kier alpha value is -10.9. The van der Waals surface area contributed by atoms with Crippen molar-refractivity contribution in [1.82, 2.24) is 68.2 Å². The van der Waals surface area contributed by atoms with Gasteiger partial charge in [0.2, 0.25) is 0 Å². The summed E-state index contributed by atoms with van der Waals surface area (Å²) >= 11 is 2.16. The van der Waals surface area contributed by atoms with Crippen molar-refractivity contribution in [3.05, 3.63) is 220 Å². The molecule has 4 atom stereocenters. The molecule has 0 aliphatic carbocycles. The van der Waals surface area contributed by atoms with Gasteiger partial charge in [0.1, 0.15) is 109 Å². The molecule has 5 N–H and O–H groups in total. The molecule has 510 valence electrons. The number of halogens is 10. The zero-order valence-electron chi connectivity index (χ0n) is 52.5. The van der Waals surface area contributed by atoms with Gasteiger partial charge in [-0.3, -0.25) is 0 Å². The van der Waals surface area contributed by atoms with Crippen molar-refractivity contribution in [2.45, 2.75) is 58.4 Å². The highest BCUT2D eigenvalue weighted by molar-refractivity contribution is 14.1. The summed E-state index contributed by atoms with van der Waals surface area (Å²) in [7, 11) is 0. The van der Waals surface area contributed by atoms with Crippen LogP contribution in [0, 0.1) is 26.8 Å². The third kappa shape index (κ3) is 17.7. The van der Waals surface area contributed by atoms with Crippen LogP contribution in [-0.2, 0) is 0 Å². The normalized spacial score (nSPS) is 12.4. The monoisotopic (exact) mass is 1470 g/mol. The Kier molecular flexibility index (Phi) is 23.3. The first-order valence-corrected chi connectivity index (χ1v) is 31.2. The van der Waals surface area contributed by atoms with Gasteiger partial charge in [-0.05, 0) is 147 Å². The maximum Gasteiger partial charge on any atom is 0.333 e. The number of aromatic hydroxyl groups is 1. The van der Waals surface area contributed by atoms with Gasteiger partial charge in [-0.25, -0.2) is 73.4 Å². The predicted octanol–water partition coefficient (Wildman–Crippen LogP) is 14.8. The Morgan fingerprint density at radius 3 is 1.28 bits per heavy atom. The number of hydrogen-bond acceptors (Lipinski definition) is 17. The van der Waals surface area contributed by atoms with E-state index < -0.39 is 38.4 Å². The summed E-state index contributed by atoms with van der Waals surface area (Å²) in [5.74, 6) is 2.09. The van der Waals surface area contributed by atoms with Gasteiger partial charge < -0.3 is 40.6 Å². The number of rotatable bonds is 23. The molecule has 0 aliphatic rings. The van der Waals surface area contributed by atoms with E-state index in [2.05, 4.69) is 89.3 Å². The molecule has 0 radical (unpaired) electrons. The smallest absolute Gasteiger partial charge is 0.333 e. The minimum atomic E-state index is -2.75. The van der Waals surface area contributed by atoms with Crippen molar-refractivity contribution in [2.24, 2.45) is 0 Å². The molecule has 13 rings (SSSR count). The third-order valence-electron chi connectivity index (χ3n) is 14.6. The molecule has 9 heterocycles. The minimum Gasteiger partial charge on any atom is -0.508 e. The third-order valence-corrected chi connectivity index (χ3v) is 15.3. The number of aromatic nitrogens is 14. The van der Waals surface area contributed by atoms with Gasteiger partial charge in [-0.2, -0.15) is 34.3 Å². The fourth-order valence-electron chi connectivity index (χ4n) is 9.93. The SMILES string of the molecule is CC(Nc1ccn2ncc(-c3cnn(C(F)F)c3)c2n1)c1cc(F)ccc1OCCF.CC(Nc1ccn2ncc(I)c2n1)c1cc(F)ccc1OCCF.CC(Nc1ccn2nccc2n1)c1cc(F)ccc1O.CC(Nc1ccn2nccc2n1)c1cc(F)ccc1OCCF. The molecule has 4 unspecified atom stereocenters. The van der Waals surface area contributed by atoms with Crippen LogP contribution in [0.15, 0.2) is 171 Å². The van der Waals surface area contributed by atoms with Gasteiger partial charge in [-0.1, -0.05) is 0 Å². The number of fused-ring (bicyclic) bond motifs is 4. The van der Waals surface area contributed by atoms with Crippen LogP contribution in [0.2, 0.25) is 0 Å². The van der Waals surface area contributed by atoms with E-state index in [9.17, 15) is 44.6 Å². The van der Waals surface area contributed by atoms with Crippen LogP contribution < -0.4 is 35.5 Å². The van der Waals surface area contributed by atoms with Crippen molar-refractivity contribution in [2.75, 3.05) is 61.1 Å². The summed E-state index contributed by atoms with van der Waals surface area (Å²) < 4.78 is 141. The van der Waals surface area contributed by atoms with Gasteiger partial charge in [0.15, 0.2) is 22.6 Å². The van der Waals surface area contributed by atoms with Crippen molar-refractivity contribution >= 4 is 68.5 Å². The van der Waals surface area contributed by atoms with E-state index in [1.807, 2.05) is 20.8 Å². The fraction of sp³-hybridized carbons (Fsp3) is 0.227. The maximum atomic E-state index is 13.8. The topological polar surface area (TPSA) is 235 Å². The lowest BCUT2D eigenvalue weighted by Crippen LogP contribution is -2.11. The molecule has 4 aromatic carbocycles. The Bertz CT molecular complexity index is 4790. The molecular formula is C66H62F9IN18O4. The molecule has 0 spiro atoms. The molecule has 0 aliphatic heterocycles. The molecule has 98 heavy (non-hydrogen) atoms. The second-order valence-electron chi connectivity index (χ2n) is 21.4. The average molecular weight is 1470 g/mol. The van der Waals surface area contributed by atoms with E-state index in [-0.39, 0.29) is 61.1 Å². The summed E-state index contributed by atoms with van der Waals surface area (Å²) in [6, 6.07) is 25.6. The van der Waals surface area contributed by atoms with Crippen LogP contribution in [0.1, 0.15) is 80.7 Å². The van der Waals surface area contributed by atoms with Crippen LogP contribution in [0.25, 0.3) is 33.7 Å². The molecule has 0 fully saturated rings. The highest BCUT2D eigenvalue weighted by atomic mass is 127. The molecule has 13 aromatic rings. The maximum absolute atomic E-state index is 13.8. The van der Waals surface area contributed by atoms with Crippen LogP contribution >= 0.6 is 22.6 Å². The van der Waals surface area contributed by atoms with Crippen molar-refractivity contribution in [3.63, 3.8) is 0 Å². The van der Waals surface area contributed by atoms with Gasteiger partial charge in [0.05, 0.1) is 58.7 Å². The van der Waals surface area contributed by atoms with Gasteiger partial charge in [0.25, 0.3) is 0 Å². The number of ether oxygens (including phenoxy) is 3. The second-order valence-corrected chi connectivity index (χ2v) is 22.6. The molecule has 0 bridgehead atoms. The molecule has 22 nitrogen and oxygen atoms in total. The zero-order chi connectivity index (χ0) is 69.4. The molecule has 0 saturated carbocycles. The number of hydrogen-bond donors (Lipinski definition) is 5. The van der Waals surface area contributed by atoms with E-state index in [1.165, 1.54) is 95.9 Å². The Morgan fingerprint density at radius 1 is 0.449 bits per heavy atom. The fourth-order valence-corrected chi connectivity index (χ4v) is 10.4. The first-order chi connectivity index (χ1) is 47.3. The summed E-state index contributed by atoms with van der Waals surface area (Å²) in [4.78, 5) is 17.8. The quantitative estimate of drug-likeness (QED) is 0.0296. The summed E-state index contributed by atoms with van der Waals surface area (Å²) in [6.45, 7) is 2.46. The largest absolute Gasteiger partial charge is 0.508 e. The lowest BCUT2D eigenvalue weighted by molar-refractivity contribution is 0.0566.